The Morgan fingerprint density at radius 3 is 2.21 bits per heavy atom. The van der Waals surface area contributed by atoms with Crippen LogP contribution < -0.4 is 9.92 Å². The standard InChI is InChI=1S/C21H25NOSi/c1-4-24(5-2,6-3)20-14-10-9-13-19(20)23-21-16-15-17-11-7-8-12-18(17)22-21/h7-16H,4-6H2,1-3H3. The van der Waals surface area contributed by atoms with E-state index in [1.165, 1.54) is 23.3 Å². The van der Waals surface area contributed by atoms with Crippen LogP contribution in [0.3, 0.4) is 0 Å². The van der Waals surface area contributed by atoms with E-state index in [4.69, 9.17) is 4.74 Å². The third-order valence-electron chi connectivity index (χ3n) is 5.28. The molecule has 0 N–H and O–H groups in total. The maximum absolute atomic E-state index is 6.25. The van der Waals surface area contributed by atoms with Crippen molar-refractivity contribution in [3.63, 3.8) is 0 Å². The molecular weight excluding hydrogens is 310 g/mol. The van der Waals surface area contributed by atoms with Crippen LogP contribution in [0.5, 0.6) is 11.6 Å². The van der Waals surface area contributed by atoms with Gasteiger partial charge in [0.15, 0.2) is 0 Å². The molecular formula is C21H25NOSi. The lowest BCUT2D eigenvalue weighted by Gasteiger charge is -2.30. The van der Waals surface area contributed by atoms with E-state index in [1.54, 1.807) is 0 Å². The molecule has 0 saturated carbocycles. The molecule has 0 atom stereocenters. The number of pyridine rings is 1. The van der Waals surface area contributed by atoms with Crippen LogP contribution in [0.4, 0.5) is 0 Å². The molecule has 0 unspecified atom stereocenters. The number of benzene rings is 2. The summed E-state index contributed by atoms with van der Waals surface area (Å²) in [6.45, 7) is 6.97. The van der Waals surface area contributed by atoms with E-state index in [2.05, 4.69) is 62.2 Å². The van der Waals surface area contributed by atoms with Crippen molar-refractivity contribution in [2.45, 2.75) is 38.9 Å². The van der Waals surface area contributed by atoms with Gasteiger partial charge in [-0.15, -0.1) is 0 Å². The van der Waals surface area contributed by atoms with Crippen molar-refractivity contribution in [3.8, 4) is 11.6 Å². The highest BCUT2D eigenvalue weighted by molar-refractivity contribution is 6.92. The predicted octanol–water partition coefficient (Wildman–Crippen LogP) is 5.74. The molecule has 0 fully saturated rings. The summed E-state index contributed by atoms with van der Waals surface area (Å²) in [4.78, 5) is 4.66. The highest BCUT2D eigenvalue weighted by atomic mass is 28.3. The van der Waals surface area contributed by atoms with Gasteiger partial charge >= 0.3 is 0 Å². The number of para-hydroxylation sites is 2. The second-order valence-corrected chi connectivity index (χ2v) is 11.5. The highest BCUT2D eigenvalue weighted by Gasteiger charge is 2.32. The normalized spacial score (nSPS) is 11.6. The number of ether oxygens (including phenoxy) is 1. The minimum Gasteiger partial charge on any atom is -0.439 e. The summed E-state index contributed by atoms with van der Waals surface area (Å²) in [7, 11) is -1.50. The molecule has 0 amide bonds. The van der Waals surface area contributed by atoms with E-state index in [-0.39, 0.29) is 0 Å². The van der Waals surface area contributed by atoms with Crippen LogP contribution in [0, 0.1) is 0 Å². The lowest BCUT2D eigenvalue weighted by atomic mass is 10.2. The van der Waals surface area contributed by atoms with Gasteiger partial charge in [0, 0.05) is 11.5 Å². The first-order valence-electron chi connectivity index (χ1n) is 8.85. The minimum absolute atomic E-state index is 0.673. The van der Waals surface area contributed by atoms with E-state index < -0.39 is 8.07 Å². The van der Waals surface area contributed by atoms with Crippen molar-refractivity contribution in [1.82, 2.24) is 4.98 Å². The average Bonchev–Trinajstić information content (AvgIpc) is 2.65. The second kappa shape index (κ2) is 7.18. The first-order valence-corrected chi connectivity index (χ1v) is 11.5. The lowest BCUT2D eigenvalue weighted by Crippen LogP contribution is -2.46. The van der Waals surface area contributed by atoms with Gasteiger partial charge in [-0.3, -0.25) is 0 Å². The van der Waals surface area contributed by atoms with Gasteiger partial charge in [0.25, 0.3) is 0 Å². The summed E-state index contributed by atoms with van der Waals surface area (Å²) < 4.78 is 6.25. The Bertz CT molecular complexity index is 818. The number of aromatic nitrogens is 1. The van der Waals surface area contributed by atoms with E-state index in [9.17, 15) is 0 Å². The Morgan fingerprint density at radius 2 is 1.46 bits per heavy atom. The first-order chi connectivity index (χ1) is 11.7. The largest absolute Gasteiger partial charge is 0.439 e. The molecule has 3 rings (SSSR count). The molecule has 0 bridgehead atoms. The maximum atomic E-state index is 6.25. The summed E-state index contributed by atoms with van der Waals surface area (Å²) in [5, 5.41) is 2.56. The van der Waals surface area contributed by atoms with Crippen molar-refractivity contribution in [2.24, 2.45) is 0 Å². The van der Waals surface area contributed by atoms with E-state index in [1.807, 2.05) is 24.3 Å². The number of hydrogen-bond acceptors (Lipinski definition) is 2. The fourth-order valence-electron chi connectivity index (χ4n) is 3.53. The zero-order chi connectivity index (χ0) is 17.0. The molecule has 0 aliphatic carbocycles. The zero-order valence-electron chi connectivity index (χ0n) is 14.8. The number of hydrogen-bond donors (Lipinski definition) is 0. The smallest absolute Gasteiger partial charge is 0.219 e. The van der Waals surface area contributed by atoms with Gasteiger partial charge in [-0.1, -0.05) is 75.3 Å². The Morgan fingerprint density at radius 1 is 0.792 bits per heavy atom. The molecule has 1 heterocycles. The van der Waals surface area contributed by atoms with Gasteiger partial charge < -0.3 is 4.74 Å². The molecule has 3 heteroatoms. The molecule has 0 radical (unpaired) electrons. The average molecular weight is 336 g/mol. The first kappa shape index (κ1) is 16.7. The van der Waals surface area contributed by atoms with Crippen molar-refractivity contribution in [3.05, 3.63) is 60.7 Å². The summed E-state index contributed by atoms with van der Waals surface area (Å²) in [6.07, 6.45) is 0. The fourth-order valence-corrected chi connectivity index (χ4v) is 7.28. The van der Waals surface area contributed by atoms with Crippen LogP contribution in [0.15, 0.2) is 60.7 Å². The van der Waals surface area contributed by atoms with Gasteiger partial charge in [0.1, 0.15) is 5.75 Å². The molecule has 124 valence electrons. The highest BCUT2D eigenvalue weighted by Crippen LogP contribution is 2.28. The molecule has 2 aromatic carbocycles. The number of nitrogens with zero attached hydrogens (tertiary/aromatic N) is 1. The lowest BCUT2D eigenvalue weighted by molar-refractivity contribution is 0.468. The monoisotopic (exact) mass is 335 g/mol. The van der Waals surface area contributed by atoms with Crippen LogP contribution in [0.1, 0.15) is 20.8 Å². The minimum atomic E-state index is -1.50. The third kappa shape index (κ3) is 3.09. The van der Waals surface area contributed by atoms with Gasteiger partial charge in [0.05, 0.1) is 13.6 Å². The van der Waals surface area contributed by atoms with Crippen molar-refractivity contribution in [2.75, 3.05) is 0 Å². The predicted molar refractivity (Wildman–Crippen MR) is 105 cm³/mol. The third-order valence-corrected chi connectivity index (χ3v) is 10.9. The summed E-state index contributed by atoms with van der Waals surface area (Å²) in [5.41, 5.74) is 0.970. The molecule has 3 aromatic rings. The summed E-state index contributed by atoms with van der Waals surface area (Å²) in [5.74, 6) is 1.66. The quantitative estimate of drug-likeness (QED) is 0.536. The Kier molecular flexibility index (Phi) is 5.00. The van der Waals surface area contributed by atoms with Crippen LogP contribution in [-0.4, -0.2) is 13.1 Å². The topological polar surface area (TPSA) is 22.1 Å². The summed E-state index contributed by atoms with van der Waals surface area (Å²) >= 11 is 0. The van der Waals surface area contributed by atoms with Crippen LogP contribution in [-0.2, 0) is 0 Å². The molecule has 0 saturated heterocycles. The number of fused-ring (bicyclic) bond motifs is 1. The Balaban J connectivity index is 2.00. The SMILES string of the molecule is CC[Si](CC)(CC)c1ccccc1Oc1ccc2ccccc2n1. The van der Waals surface area contributed by atoms with Crippen LogP contribution in [0.25, 0.3) is 10.9 Å². The van der Waals surface area contributed by atoms with E-state index in [0.717, 1.165) is 16.7 Å². The molecule has 1 aromatic heterocycles. The van der Waals surface area contributed by atoms with E-state index >= 15 is 0 Å². The molecule has 24 heavy (non-hydrogen) atoms. The number of rotatable bonds is 6. The zero-order valence-corrected chi connectivity index (χ0v) is 15.8. The van der Waals surface area contributed by atoms with Gasteiger partial charge in [-0.05, 0) is 23.4 Å². The van der Waals surface area contributed by atoms with Crippen LogP contribution in [0.2, 0.25) is 18.1 Å². The van der Waals surface area contributed by atoms with Gasteiger partial charge in [-0.25, -0.2) is 4.98 Å². The Hall–Kier alpha value is -2.13. The van der Waals surface area contributed by atoms with Gasteiger partial charge in [-0.2, -0.15) is 0 Å². The van der Waals surface area contributed by atoms with Crippen molar-refractivity contribution >= 4 is 24.2 Å². The van der Waals surface area contributed by atoms with Crippen molar-refractivity contribution in [1.29, 1.82) is 0 Å². The maximum Gasteiger partial charge on any atom is 0.219 e. The molecule has 0 aliphatic rings. The Labute approximate surface area is 145 Å². The van der Waals surface area contributed by atoms with Crippen molar-refractivity contribution < 1.29 is 4.74 Å². The van der Waals surface area contributed by atoms with E-state index in [0.29, 0.717) is 5.88 Å². The van der Waals surface area contributed by atoms with Gasteiger partial charge in [0.2, 0.25) is 5.88 Å². The summed E-state index contributed by atoms with van der Waals surface area (Å²) in [6, 6.07) is 24.5. The second-order valence-electron chi connectivity index (χ2n) is 6.28. The molecule has 0 aliphatic heterocycles. The van der Waals surface area contributed by atoms with Crippen LogP contribution >= 0.6 is 0 Å². The molecule has 2 nitrogen and oxygen atoms in total. The fraction of sp³-hybridized carbons (Fsp3) is 0.286. The molecule has 0 spiro atoms.